The maximum atomic E-state index is 6.23. The Morgan fingerprint density at radius 2 is 2.00 bits per heavy atom. The maximum Gasteiger partial charge on any atom is 0.127 e. The number of aromatic nitrogens is 2. The third-order valence-electron chi connectivity index (χ3n) is 3.65. The third-order valence-corrected chi connectivity index (χ3v) is 3.65. The van der Waals surface area contributed by atoms with Gasteiger partial charge in [0.2, 0.25) is 0 Å². The van der Waals surface area contributed by atoms with E-state index in [1.165, 1.54) is 37.2 Å². The van der Waals surface area contributed by atoms with Gasteiger partial charge in [-0.1, -0.05) is 19.8 Å². The number of aryl methyl sites for hydroxylation is 1. The second-order valence-electron chi connectivity index (χ2n) is 4.77. The molecule has 0 aliphatic heterocycles. The van der Waals surface area contributed by atoms with E-state index in [4.69, 9.17) is 10.7 Å². The Kier molecular flexibility index (Phi) is 3.52. The first kappa shape index (κ1) is 11.5. The number of hydrogen-bond donors (Lipinski definition) is 1. The first-order valence-electron chi connectivity index (χ1n) is 6.62. The summed E-state index contributed by atoms with van der Waals surface area (Å²) in [4.78, 5) is 4.79. The van der Waals surface area contributed by atoms with E-state index < -0.39 is 0 Å². The second-order valence-corrected chi connectivity index (χ2v) is 4.77. The summed E-state index contributed by atoms with van der Waals surface area (Å²) >= 11 is 0. The lowest BCUT2D eigenvalue weighted by Gasteiger charge is -2.08. The lowest BCUT2D eigenvalue weighted by atomic mass is 10.0. The van der Waals surface area contributed by atoms with E-state index in [-0.39, 0.29) is 0 Å². The number of nitrogens with two attached hydrogens (primary N) is 1. The Labute approximate surface area is 98.1 Å². The fourth-order valence-electron chi connectivity index (χ4n) is 2.80. The van der Waals surface area contributed by atoms with Crippen molar-refractivity contribution in [2.24, 2.45) is 0 Å². The number of nitrogens with zero attached hydrogens (tertiary/aromatic N) is 2. The predicted octanol–water partition coefficient (Wildman–Crippen LogP) is 3.10. The third kappa shape index (κ3) is 1.95. The largest absolute Gasteiger partial charge is 0.384 e. The molecule has 1 heterocycles. The number of hydrogen-bond acceptors (Lipinski definition) is 2. The SMILES string of the molecule is CCCc1nc(C2CCCC2)c(N)n1CC. The molecular weight excluding hydrogens is 198 g/mol. The molecule has 1 fully saturated rings. The van der Waals surface area contributed by atoms with Crippen LogP contribution in [-0.4, -0.2) is 9.55 Å². The van der Waals surface area contributed by atoms with Crippen molar-refractivity contribution in [2.75, 3.05) is 5.73 Å². The molecule has 2 rings (SSSR count). The highest BCUT2D eigenvalue weighted by atomic mass is 15.1. The van der Waals surface area contributed by atoms with Gasteiger partial charge in [0.1, 0.15) is 11.6 Å². The highest BCUT2D eigenvalue weighted by Gasteiger charge is 2.24. The molecule has 0 spiro atoms. The minimum absolute atomic E-state index is 0.628. The van der Waals surface area contributed by atoms with Crippen molar-refractivity contribution in [3.8, 4) is 0 Å². The van der Waals surface area contributed by atoms with Crippen LogP contribution in [0.4, 0.5) is 5.82 Å². The van der Waals surface area contributed by atoms with Crippen molar-refractivity contribution in [2.45, 2.75) is 64.8 Å². The summed E-state index contributed by atoms with van der Waals surface area (Å²) in [6.45, 7) is 5.29. The number of nitrogen functional groups attached to an aromatic ring is 1. The summed E-state index contributed by atoms with van der Waals surface area (Å²) in [5, 5.41) is 0. The summed E-state index contributed by atoms with van der Waals surface area (Å²) in [5.41, 5.74) is 7.41. The number of rotatable bonds is 4. The molecule has 0 saturated heterocycles. The average molecular weight is 221 g/mol. The lowest BCUT2D eigenvalue weighted by molar-refractivity contribution is 0.688. The topological polar surface area (TPSA) is 43.8 Å². The molecular formula is C13H23N3. The Bertz CT molecular complexity index is 348. The van der Waals surface area contributed by atoms with Gasteiger partial charge >= 0.3 is 0 Å². The first-order chi connectivity index (χ1) is 7.77. The zero-order valence-corrected chi connectivity index (χ0v) is 10.5. The molecule has 1 aliphatic carbocycles. The van der Waals surface area contributed by atoms with Gasteiger partial charge in [-0.25, -0.2) is 4.98 Å². The molecule has 3 nitrogen and oxygen atoms in total. The van der Waals surface area contributed by atoms with E-state index in [0.717, 1.165) is 25.2 Å². The molecule has 1 aromatic heterocycles. The Balaban J connectivity index is 2.30. The van der Waals surface area contributed by atoms with Gasteiger partial charge < -0.3 is 10.3 Å². The van der Waals surface area contributed by atoms with Crippen LogP contribution in [0.5, 0.6) is 0 Å². The Hall–Kier alpha value is -0.990. The van der Waals surface area contributed by atoms with Crippen molar-refractivity contribution >= 4 is 5.82 Å². The minimum Gasteiger partial charge on any atom is -0.384 e. The molecule has 2 N–H and O–H groups in total. The molecule has 0 amide bonds. The molecule has 0 radical (unpaired) electrons. The van der Waals surface area contributed by atoms with Crippen LogP contribution in [0.25, 0.3) is 0 Å². The molecule has 1 aliphatic rings. The maximum absolute atomic E-state index is 6.23. The van der Waals surface area contributed by atoms with Crippen molar-refractivity contribution < 1.29 is 0 Å². The highest BCUT2D eigenvalue weighted by molar-refractivity contribution is 5.41. The van der Waals surface area contributed by atoms with E-state index in [1.807, 2.05) is 0 Å². The van der Waals surface area contributed by atoms with Crippen LogP contribution >= 0.6 is 0 Å². The molecule has 0 unspecified atom stereocenters. The number of imidazole rings is 1. The fourth-order valence-corrected chi connectivity index (χ4v) is 2.80. The van der Waals surface area contributed by atoms with Crippen molar-refractivity contribution in [3.05, 3.63) is 11.5 Å². The van der Waals surface area contributed by atoms with Gasteiger partial charge in [-0.05, 0) is 26.2 Å². The van der Waals surface area contributed by atoms with Gasteiger partial charge in [0.25, 0.3) is 0 Å². The van der Waals surface area contributed by atoms with E-state index in [0.29, 0.717) is 5.92 Å². The Morgan fingerprint density at radius 1 is 1.31 bits per heavy atom. The quantitative estimate of drug-likeness (QED) is 0.849. The van der Waals surface area contributed by atoms with Gasteiger partial charge in [0.05, 0.1) is 5.69 Å². The van der Waals surface area contributed by atoms with Crippen LogP contribution in [-0.2, 0) is 13.0 Å². The molecule has 0 aromatic carbocycles. The molecule has 1 aromatic rings. The van der Waals surface area contributed by atoms with E-state index in [1.54, 1.807) is 0 Å². The van der Waals surface area contributed by atoms with Crippen LogP contribution < -0.4 is 5.73 Å². The average Bonchev–Trinajstić information content (AvgIpc) is 2.87. The molecule has 90 valence electrons. The van der Waals surface area contributed by atoms with E-state index >= 15 is 0 Å². The normalized spacial score (nSPS) is 17.1. The second kappa shape index (κ2) is 4.89. The summed E-state index contributed by atoms with van der Waals surface area (Å²) in [5.74, 6) is 2.74. The minimum atomic E-state index is 0.628. The zero-order chi connectivity index (χ0) is 11.5. The van der Waals surface area contributed by atoms with Crippen LogP contribution in [0.1, 0.15) is 63.4 Å². The van der Waals surface area contributed by atoms with Crippen molar-refractivity contribution in [1.82, 2.24) is 9.55 Å². The first-order valence-corrected chi connectivity index (χ1v) is 6.62. The lowest BCUT2D eigenvalue weighted by Crippen LogP contribution is -2.06. The van der Waals surface area contributed by atoms with Crippen LogP contribution in [0.3, 0.4) is 0 Å². The van der Waals surface area contributed by atoms with Gasteiger partial charge in [-0.15, -0.1) is 0 Å². The van der Waals surface area contributed by atoms with E-state index in [2.05, 4.69) is 18.4 Å². The van der Waals surface area contributed by atoms with Crippen LogP contribution in [0, 0.1) is 0 Å². The molecule has 1 saturated carbocycles. The standard InChI is InChI=1S/C13H23N3/c1-3-7-11-15-12(10-8-5-6-9-10)13(14)16(11)4-2/h10H,3-9,14H2,1-2H3. The monoisotopic (exact) mass is 221 g/mol. The van der Waals surface area contributed by atoms with Crippen LogP contribution in [0.15, 0.2) is 0 Å². The van der Waals surface area contributed by atoms with Crippen LogP contribution in [0.2, 0.25) is 0 Å². The summed E-state index contributed by atoms with van der Waals surface area (Å²) in [6.07, 6.45) is 7.41. The van der Waals surface area contributed by atoms with Gasteiger partial charge in [-0.3, -0.25) is 0 Å². The molecule has 0 bridgehead atoms. The van der Waals surface area contributed by atoms with Gasteiger partial charge in [0.15, 0.2) is 0 Å². The van der Waals surface area contributed by atoms with Crippen molar-refractivity contribution in [1.29, 1.82) is 0 Å². The Morgan fingerprint density at radius 3 is 2.56 bits per heavy atom. The fraction of sp³-hybridized carbons (Fsp3) is 0.769. The molecule has 16 heavy (non-hydrogen) atoms. The number of anilines is 1. The van der Waals surface area contributed by atoms with Crippen molar-refractivity contribution in [3.63, 3.8) is 0 Å². The predicted molar refractivity (Wildman–Crippen MR) is 67.5 cm³/mol. The van der Waals surface area contributed by atoms with Gasteiger partial charge in [-0.2, -0.15) is 0 Å². The summed E-state index contributed by atoms with van der Waals surface area (Å²) in [6, 6.07) is 0. The smallest absolute Gasteiger partial charge is 0.127 e. The summed E-state index contributed by atoms with van der Waals surface area (Å²) < 4.78 is 2.19. The zero-order valence-electron chi connectivity index (χ0n) is 10.5. The van der Waals surface area contributed by atoms with E-state index in [9.17, 15) is 0 Å². The molecule has 3 heteroatoms. The summed E-state index contributed by atoms with van der Waals surface area (Å²) in [7, 11) is 0. The van der Waals surface area contributed by atoms with Gasteiger partial charge in [0, 0.05) is 18.9 Å². The molecule has 0 atom stereocenters. The highest BCUT2D eigenvalue weighted by Crippen LogP contribution is 2.36.